The third kappa shape index (κ3) is 24.6. The van der Waals surface area contributed by atoms with Crippen LogP contribution >= 0.6 is 0 Å². The van der Waals surface area contributed by atoms with Crippen LogP contribution in [0, 0.1) is 5.92 Å². The lowest BCUT2D eigenvalue weighted by Crippen LogP contribution is -2.05. The van der Waals surface area contributed by atoms with Crippen molar-refractivity contribution in [2.24, 2.45) is 5.92 Å². The van der Waals surface area contributed by atoms with Crippen molar-refractivity contribution < 1.29 is 14.3 Å². The second-order valence-corrected chi connectivity index (χ2v) is 2.98. The molecule has 0 saturated heterocycles. The molecule has 0 unspecified atom stereocenters. The van der Waals surface area contributed by atoms with E-state index in [4.69, 9.17) is 4.74 Å². The normalized spacial score (nSPS) is 9.08. The average Bonchev–Trinajstić information content (AvgIpc) is 2.03. The zero-order valence-corrected chi connectivity index (χ0v) is 9.42. The summed E-state index contributed by atoms with van der Waals surface area (Å²) < 4.78 is 9.50. The maximum atomic E-state index is 10.1. The van der Waals surface area contributed by atoms with Gasteiger partial charge in [0.05, 0.1) is 6.61 Å². The number of esters is 1. The van der Waals surface area contributed by atoms with Crippen LogP contribution in [0.5, 0.6) is 0 Å². The second kappa shape index (κ2) is 11.4. The van der Waals surface area contributed by atoms with Crippen molar-refractivity contribution >= 4 is 5.97 Å². The Labute approximate surface area is 81.4 Å². The van der Waals surface area contributed by atoms with Crippen molar-refractivity contribution in [3.05, 3.63) is 0 Å². The maximum absolute atomic E-state index is 10.1. The molecule has 0 heterocycles. The van der Waals surface area contributed by atoms with Gasteiger partial charge >= 0.3 is 5.97 Å². The van der Waals surface area contributed by atoms with E-state index in [2.05, 4.69) is 4.74 Å². The van der Waals surface area contributed by atoms with E-state index in [1.54, 1.807) is 0 Å². The molecule has 13 heavy (non-hydrogen) atoms. The van der Waals surface area contributed by atoms with Gasteiger partial charge in [-0.1, -0.05) is 13.8 Å². The van der Waals surface area contributed by atoms with Gasteiger partial charge in [-0.3, -0.25) is 4.79 Å². The van der Waals surface area contributed by atoms with Gasteiger partial charge in [-0.05, 0) is 19.8 Å². The standard InChI is InChI=1S/C6H12O2.C4H10O/c1-5(2)4-8-6(3)7;1-3-5-4-2/h5H,4H2,1-3H3;3-4H2,1-2H3. The highest BCUT2D eigenvalue weighted by Crippen LogP contribution is 1.91. The molecule has 3 heteroatoms. The first-order valence-corrected chi connectivity index (χ1v) is 4.75. The summed E-state index contributed by atoms with van der Waals surface area (Å²) >= 11 is 0. The van der Waals surface area contributed by atoms with Crippen molar-refractivity contribution in [3.63, 3.8) is 0 Å². The Hall–Kier alpha value is -0.570. The van der Waals surface area contributed by atoms with E-state index in [1.165, 1.54) is 6.92 Å². The molecular weight excluding hydrogens is 168 g/mol. The topological polar surface area (TPSA) is 35.5 Å². The predicted molar refractivity (Wildman–Crippen MR) is 53.6 cm³/mol. The Bertz CT molecular complexity index is 109. The van der Waals surface area contributed by atoms with Gasteiger partial charge in [0, 0.05) is 20.1 Å². The molecule has 0 saturated carbocycles. The van der Waals surface area contributed by atoms with Gasteiger partial charge in [-0.2, -0.15) is 0 Å². The fraction of sp³-hybridized carbons (Fsp3) is 0.900. The summed E-state index contributed by atoms with van der Waals surface area (Å²) in [5.41, 5.74) is 0. The minimum absolute atomic E-state index is 0.196. The molecule has 0 aromatic heterocycles. The van der Waals surface area contributed by atoms with Crippen LogP contribution in [0.2, 0.25) is 0 Å². The van der Waals surface area contributed by atoms with E-state index < -0.39 is 0 Å². The molecule has 0 aliphatic heterocycles. The minimum atomic E-state index is -0.196. The van der Waals surface area contributed by atoms with Crippen LogP contribution in [0.1, 0.15) is 34.6 Å². The van der Waals surface area contributed by atoms with Crippen LogP contribution in [0.15, 0.2) is 0 Å². The Morgan fingerprint density at radius 3 is 1.77 bits per heavy atom. The van der Waals surface area contributed by atoms with Gasteiger partial charge in [0.25, 0.3) is 0 Å². The lowest BCUT2D eigenvalue weighted by molar-refractivity contribution is -0.141. The quantitative estimate of drug-likeness (QED) is 0.638. The van der Waals surface area contributed by atoms with E-state index in [1.807, 2.05) is 27.7 Å². The zero-order chi connectivity index (χ0) is 10.7. The number of carbonyl (C=O) groups excluding carboxylic acids is 1. The van der Waals surface area contributed by atoms with E-state index in [0.29, 0.717) is 12.5 Å². The van der Waals surface area contributed by atoms with Crippen molar-refractivity contribution in [2.75, 3.05) is 19.8 Å². The SMILES string of the molecule is CC(=O)OCC(C)C.CCOCC. The highest BCUT2D eigenvalue weighted by atomic mass is 16.5. The fourth-order valence-corrected chi connectivity index (χ4v) is 0.488. The predicted octanol–water partition coefficient (Wildman–Crippen LogP) is 2.25. The molecule has 0 aromatic rings. The molecule has 0 rings (SSSR count). The summed E-state index contributed by atoms with van der Waals surface area (Å²) in [6.45, 7) is 11.6. The Kier molecular flexibility index (Phi) is 13.1. The lowest BCUT2D eigenvalue weighted by atomic mass is 10.2. The van der Waals surface area contributed by atoms with Gasteiger partial charge in [0.2, 0.25) is 0 Å². The van der Waals surface area contributed by atoms with E-state index >= 15 is 0 Å². The molecule has 0 bridgehead atoms. The first-order valence-electron chi connectivity index (χ1n) is 4.75. The fourth-order valence-electron chi connectivity index (χ4n) is 0.488. The summed E-state index contributed by atoms with van der Waals surface area (Å²) in [5, 5.41) is 0. The van der Waals surface area contributed by atoms with Crippen LogP contribution in [-0.4, -0.2) is 25.8 Å². The van der Waals surface area contributed by atoms with Crippen LogP contribution in [0.25, 0.3) is 0 Å². The number of hydrogen-bond donors (Lipinski definition) is 0. The molecular formula is C10H22O3. The van der Waals surface area contributed by atoms with Crippen molar-refractivity contribution in [2.45, 2.75) is 34.6 Å². The van der Waals surface area contributed by atoms with E-state index in [9.17, 15) is 4.79 Å². The van der Waals surface area contributed by atoms with Crippen molar-refractivity contribution in [1.82, 2.24) is 0 Å². The third-order valence-corrected chi connectivity index (χ3v) is 1.03. The summed E-state index contributed by atoms with van der Waals surface area (Å²) in [4.78, 5) is 10.1. The molecule has 0 atom stereocenters. The Balaban J connectivity index is 0. The summed E-state index contributed by atoms with van der Waals surface area (Å²) in [6, 6.07) is 0. The maximum Gasteiger partial charge on any atom is 0.302 e. The van der Waals surface area contributed by atoms with Gasteiger partial charge in [-0.25, -0.2) is 0 Å². The molecule has 0 aromatic carbocycles. The second-order valence-electron chi connectivity index (χ2n) is 2.98. The van der Waals surface area contributed by atoms with E-state index in [-0.39, 0.29) is 5.97 Å². The molecule has 0 spiro atoms. The molecule has 0 fully saturated rings. The molecule has 0 aliphatic carbocycles. The minimum Gasteiger partial charge on any atom is -0.466 e. The summed E-state index contributed by atoms with van der Waals surface area (Å²) in [6.07, 6.45) is 0. The average molecular weight is 190 g/mol. The highest BCUT2D eigenvalue weighted by molar-refractivity contribution is 5.65. The van der Waals surface area contributed by atoms with Crippen molar-refractivity contribution in [1.29, 1.82) is 0 Å². The smallest absolute Gasteiger partial charge is 0.302 e. The Morgan fingerprint density at radius 1 is 1.23 bits per heavy atom. The number of hydrogen-bond acceptors (Lipinski definition) is 3. The van der Waals surface area contributed by atoms with Crippen LogP contribution in [0.4, 0.5) is 0 Å². The van der Waals surface area contributed by atoms with Crippen LogP contribution in [-0.2, 0) is 14.3 Å². The van der Waals surface area contributed by atoms with Crippen molar-refractivity contribution in [3.8, 4) is 0 Å². The summed E-state index contributed by atoms with van der Waals surface area (Å²) in [7, 11) is 0. The highest BCUT2D eigenvalue weighted by Gasteiger charge is 1.94. The number of ether oxygens (including phenoxy) is 2. The first kappa shape index (κ1) is 14.9. The number of rotatable bonds is 4. The van der Waals surface area contributed by atoms with E-state index in [0.717, 1.165) is 13.2 Å². The van der Waals surface area contributed by atoms with Gasteiger partial charge in [0.15, 0.2) is 0 Å². The molecule has 80 valence electrons. The third-order valence-electron chi connectivity index (χ3n) is 1.03. The van der Waals surface area contributed by atoms with Gasteiger partial charge < -0.3 is 9.47 Å². The molecule has 3 nitrogen and oxygen atoms in total. The molecule has 0 aliphatic rings. The van der Waals surface area contributed by atoms with Crippen LogP contribution < -0.4 is 0 Å². The van der Waals surface area contributed by atoms with Gasteiger partial charge in [-0.15, -0.1) is 0 Å². The lowest BCUT2D eigenvalue weighted by Gasteiger charge is -2.02. The largest absolute Gasteiger partial charge is 0.466 e. The molecule has 0 amide bonds. The van der Waals surface area contributed by atoms with Gasteiger partial charge in [0.1, 0.15) is 0 Å². The summed E-state index contributed by atoms with van der Waals surface area (Å²) in [5.74, 6) is 0.248. The monoisotopic (exact) mass is 190 g/mol. The zero-order valence-electron chi connectivity index (χ0n) is 9.42. The molecule has 0 N–H and O–H groups in total. The van der Waals surface area contributed by atoms with Crippen LogP contribution in [0.3, 0.4) is 0 Å². The first-order chi connectivity index (χ1) is 6.04. The molecule has 0 radical (unpaired) electrons. The Morgan fingerprint density at radius 2 is 1.69 bits per heavy atom. The number of carbonyl (C=O) groups is 1.